The number of benzene rings is 1. The van der Waals surface area contributed by atoms with Crippen molar-refractivity contribution in [1.29, 1.82) is 0 Å². The standard InChI is InChI=1S/C30H35ClN8O4S/c1-43-28-14-21(20-40)25(16-26(28)31)27-19-38-5-4-22(15-29(38)34-27)35-6-8-36(9-7-35)23-17-32-30(33-18-23)37-10-12-39(13-11-37)44(41,42)24-2-3-24/h4-5,14-19,24,40H,2-3,6-13,20H2,1H3. The molecule has 232 valence electrons. The van der Waals surface area contributed by atoms with Crippen LogP contribution in [0.1, 0.15) is 18.4 Å². The van der Waals surface area contributed by atoms with Crippen molar-refractivity contribution in [1.82, 2.24) is 23.7 Å². The number of aromatic nitrogens is 4. The summed E-state index contributed by atoms with van der Waals surface area (Å²) in [5.41, 5.74) is 5.09. The van der Waals surface area contributed by atoms with Crippen molar-refractivity contribution in [3.63, 3.8) is 0 Å². The highest BCUT2D eigenvalue weighted by atomic mass is 35.5. The molecule has 1 aliphatic carbocycles. The lowest BCUT2D eigenvalue weighted by atomic mass is 10.1. The van der Waals surface area contributed by atoms with Crippen LogP contribution in [0.15, 0.2) is 49.1 Å². The summed E-state index contributed by atoms with van der Waals surface area (Å²) in [7, 11) is -1.58. The number of ether oxygens (including phenoxy) is 1. The number of nitrogens with zero attached hydrogens (tertiary/aromatic N) is 8. The number of sulfonamides is 1. The molecule has 0 spiro atoms. The van der Waals surface area contributed by atoms with Gasteiger partial charge in [0.15, 0.2) is 0 Å². The lowest BCUT2D eigenvalue weighted by Gasteiger charge is -2.37. The van der Waals surface area contributed by atoms with Crippen molar-refractivity contribution in [3.05, 3.63) is 59.6 Å². The number of aliphatic hydroxyl groups excluding tert-OH is 1. The molecule has 4 aromatic rings. The molecule has 3 aliphatic rings. The van der Waals surface area contributed by atoms with Gasteiger partial charge in [-0.25, -0.2) is 23.4 Å². The van der Waals surface area contributed by atoms with Crippen LogP contribution in [0.4, 0.5) is 17.3 Å². The van der Waals surface area contributed by atoms with E-state index >= 15 is 0 Å². The number of piperazine rings is 2. The molecule has 12 nitrogen and oxygen atoms in total. The fourth-order valence-electron chi connectivity index (χ4n) is 6.00. The molecule has 1 aromatic carbocycles. The van der Waals surface area contributed by atoms with E-state index in [0.717, 1.165) is 67.3 Å². The Morgan fingerprint density at radius 3 is 2.23 bits per heavy atom. The first kappa shape index (κ1) is 29.1. The molecule has 14 heteroatoms. The zero-order chi connectivity index (χ0) is 30.4. The van der Waals surface area contributed by atoms with Gasteiger partial charge in [0.25, 0.3) is 0 Å². The SMILES string of the molecule is COc1cc(CO)c(-c2cn3ccc(N4CCN(c5cnc(N6CCN(S(=O)(=O)C7CC7)CC6)nc5)CC4)cc3n2)cc1Cl. The molecule has 5 heterocycles. The van der Waals surface area contributed by atoms with Crippen LogP contribution < -0.4 is 19.4 Å². The quantitative estimate of drug-likeness (QED) is 0.309. The Hall–Kier alpha value is -3.65. The molecular weight excluding hydrogens is 604 g/mol. The minimum Gasteiger partial charge on any atom is -0.495 e. The van der Waals surface area contributed by atoms with Crippen LogP contribution in [0.25, 0.3) is 16.9 Å². The summed E-state index contributed by atoms with van der Waals surface area (Å²) < 4.78 is 34.0. The second-order valence-corrected chi connectivity index (χ2v) is 14.0. The zero-order valence-corrected chi connectivity index (χ0v) is 26.1. The number of methoxy groups -OCH3 is 1. The third kappa shape index (κ3) is 5.53. The van der Waals surface area contributed by atoms with E-state index in [4.69, 9.17) is 21.3 Å². The van der Waals surface area contributed by atoms with Crippen molar-refractivity contribution in [3.8, 4) is 17.0 Å². The Morgan fingerprint density at radius 1 is 0.932 bits per heavy atom. The van der Waals surface area contributed by atoms with Gasteiger partial charge in [-0.3, -0.25) is 0 Å². The predicted octanol–water partition coefficient (Wildman–Crippen LogP) is 2.89. The van der Waals surface area contributed by atoms with Crippen molar-refractivity contribution in [2.24, 2.45) is 0 Å². The number of fused-ring (bicyclic) bond motifs is 1. The van der Waals surface area contributed by atoms with E-state index in [1.54, 1.807) is 23.5 Å². The van der Waals surface area contributed by atoms with Crippen LogP contribution in [0, 0.1) is 0 Å². The fraction of sp³-hybridized carbons (Fsp3) is 0.433. The molecule has 2 aliphatic heterocycles. The van der Waals surface area contributed by atoms with Gasteiger partial charge in [-0.2, -0.15) is 4.31 Å². The zero-order valence-electron chi connectivity index (χ0n) is 24.5. The lowest BCUT2D eigenvalue weighted by molar-refractivity contribution is 0.281. The van der Waals surface area contributed by atoms with Crippen molar-refractivity contribution >= 4 is 44.6 Å². The van der Waals surface area contributed by atoms with Crippen molar-refractivity contribution < 1.29 is 18.3 Å². The number of imidazole rings is 1. The maximum Gasteiger partial charge on any atom is 0.225 e. The van der Waals surface area contributed by atoms with Crippen LogP contribution in [-0.2, 0) is 16.6 Å². The van der Waals surface area contributed by atoms with E-state index in [0.29, 0.717) is 48.5 Å². The molecule has 0 atom stereocenters. The molecule has 3 fully saturated rings. The van der Waals surface area contributed by atoms with Gasteiger partial charge in [-0.15, -0.1) is 0 Å². The van der Waals surface area contributed by atoms with Crippen LogP contribution in [0.5, 0.6) is 5.75 Å². The van der Waals surface area contributed by atoms with Gasteiger partial charge in [0.1, 0.15) is 11.4 Å². The summed E-state index contributed by atoms with van der Waals surface area (Å²) in [6.45, 7) is 5.35. The largest absolute Gasteiger partial charge is 0.495 e. The van der Waals surface area contributed by atoms with E-state index in [9.17, 15) is 13.5 Å². The second kappa shape index (κ2) is 11.7. The van der Waals surface area contributed by atoms with Gasteiger partial charge in [-0.05, 0) is 36.6 Å². The van der Waals surface area contributed by atoms with Crippen LogP contribution in [0.2, 0.25) is 5.02 Å². The summed E-state index contributed by atoms with van der Waals surface area (Å²) in [5, 5.41) is 10.2. The number of halogens is 1. The van der Waals surface area contributed by atoms with E-state index in [1.165, 1.54) is 0 Å². The minimum atomic E-state index is -3.13. The summed E-state index contributed by atoms with van der Waals surface area (Å²) >= 11 is 6.38. The Kier molecular flexibility index (Phi) is 7.73. The molecule has 44 heavy (non-hydrogen) atoms. The summed E-state index contributed by atoms with van der Waals surface area (Å²) in [4.78, 5) is 20.8. The fourth-order valence-corrected chi connectivity index (χ4v) is 8.07. The van der Waals surface area contributed by atoms with E-state index in [-0.39, 0.29) is 11.9 Å². The van der Waals surface area contributed by atoms with Crippen LogP contribution in [0.3, 0.4) is 0 Å². The van der Waals surface area contributed by atoms with Gasteiger partial charge >= 0.3 is 0 Å². The van der Waals surface area contributed by atoms with Gasteiger partial charge in [0.2, 0.25) is 16.0 Å². The monoisotopic (exact) mass is 638 g/mol. The molecule has 0 bridgehead atoms. The van der Waals surface area contributed by atoms with Crippen LogP contribution in [-0.4, -0.2) is 102 Å². The molecule has 1 N–H and O–H groups in total. The molecule has 7 rings (SSSR count). The Balaban J connectivity index is 0.979. The molecule has 2 saturated heterocycles. The van der Waals surface area contributed by atoms with E-state index < -0.39 is 10.0 Å². The summed E-state index contributed by atoms with van der Waals surface area (Å²) in [6, 6.07) is 7.70. The topological polar surface area (TPSA) is 120 Å². The van der Waals surface area contributed by atoms with Crippen LogP contribution >= 0.6 is 11.6 Å². The van der Waals surface area contributed by atoms with Crippen molar-refractivity contribution in [2.75, 3.05) is 74.2 Å². The van der Waals surface area contributed by atoms with E-state index in [2.05, 4.69) is 36.8 Å². The average molecular weight is 639 g/mol. The normalized spacial score (nSPS) is 18.3. The Morgan fingerprint density at radius 2 is 1.59 bits per heavy atom. The molecule has 0 amide bonds. The number of anilines is 3. The Bertz CT molecular complexity index is 1760. The summed E-state index contributed by atoms with van der Waals surface area (Å²) in [5.74, 6) is 1.16. The molecule has 0 radical (unpaired) electrons. The molecular formula is C30H35ClN8O4S. The highest BCUT2D eigenvalue weighted by Gasteiger charge is 2.41. The minimum absolute atomic E-state index is 0.149. The molecule has 3 aromatic heterocycles. The summed E-state index contributed by atoms with van der Waals surface area (Å²) in [6.07, 6.45) is 9.26. The highest BCUT2D eigenvalue weighted by Crippen LogP contribution is 2.34. The first-order valence-electron chi connectivity index (χ1n) is 14.9. The number of rotatable bonds is 8. The van der Waals surface area contributed by atoms with Gasteiger partial charge in [-0.1, -0.05) is 11.6 Å². The molecule has 0 unspecified atom stereocenters. The van der Waals surface area contributed by atoms with E-state index in [1.807, 2.05) is 29.2 Å². The van der Waals surface area contributed by atoms with Crippen molar-refractivity contribution in [2.45, 2.75) is 24.7 Å². The number of aliphatic hydroxyl groups is 1. The smallest absolute Gasteiger partial charge is 0.225 e. The lowest BCUT2D eigenvalue weighted by Crippen LogP contribution is -2.50. The number of hydrogen-bond acceptors (Lipinski definition) is 10. The molecule has 1 saturated carbocycles. The first-order valence-corrected chi connectivity index (χ1v) is 16.7. The van der Waals surface area contributed by atoms with Gasteiger partial charge in [0, 0.05) is 82.1 Å². The third-order valence-electron chi connectivity index (χ3n) is 8.73. The van der Waals surface area contributed by atoms with Gasteiger partial charge in [0.05, 0.1) is 47.8 Å². The number of hydrogen-bond donors (Lipinski definition) is 1. The average Bonchev–Trinajstić information content (AvgIpc) is 3.85. The first-order chi connectivity index (χ1) is 21.3. The maximum absolute atomic E-state index is 12.5. The highest BCUT2D eigenvalue weighted by molar-refractivity contribution is 7.90. The third-order valence-corrected chi connectivity index (χ3v) is 11.4. The Labute approximate surface area is 261 Å². The second-order valence-electron chi connectivity index (χ2n) is 11.4. The van der Waals surface area contributed by atoms with Gasteiger partial charge < -0.3 is 28.9 Å². The maximum atomic E-state index is 12.5. The predicted molar refractivity (Wildman–Crippen MR) is 170 cm³/mol. The number of pyridine rings is 1.